The number of para-hydroxylation sites is 2. The van der Waals surface area contributed by atoms with Gasteiger partial charge in [-0.05, 0) is 76.7 Å². The molecule has 1 aromatic heterocycles. The maximum atomic E-state index is 13.5. The van der Waals surface area contributed by atoms with Gasteiger partial charge in [0.2, 0.25) is 16.3 Å². The van der Waals surface area contributed by atoms with Crippen LogP contribution < -0.4 is 10.1 Å². The lowest BCUT2D eigenvalue weighted by atomic mass is 9.90. The number of carbonyl (C=O) groups is 1. The highest BCUT2D eigenvalue weighted by molar-refractivity contribution is 7.89. The van der Waals surface area contributed by atoms with E-state index in [1.807, 2.05) is 36.4 Å². The van der Waals surface area contributed by atoms with Gasteiger partial charge in [0.15, 0.2) is 5.76 Å². The average Bonchev–Trinajstić information content (AvgIpc) is 3.74. The van der Waals surface area contributed by atoms with Crippen LogP contribution in [0.5, 0.6) is 5.75 Å². The number of rotatable bonds is 13. The Morgan fingerprint density at radius 1 is 1.00 bits per heavy atom. The number of allylic oxidation sites excluding steroid dienone is 1. The number of nitrogens with zero attached hydrogens (tertiary/aromatic N) is 2. The Hall–Kier alpha value is -5.01. The molecule has 0 fully saturated rings. The minimum atomic E-state index is -3.93. The largest absolute Gasteiger partial charge is 0.497 e. The molecule has 5 aromatic rings. The van der Waals surface area contributed by atoms with Crippen LogP contribution in [0, 0.1) is 0 Å². The number of aliphatic hydroxyl groups excluding tert-OH is 1. The maximum Gasteiger partial charge on any atom is 0.286 e. The molecule has 50 heavy (non-hydrogen) atoms. The van der Waals surface area contributed by atoms with E-state index in [-0.39, 0.29) is 49.4 Å². The van der Waals surface area contributed by atoms with Crippen LogP contribution >= 0.6 is 0 Å². The lowest BCUT2D eigenvalue weighted by molar-refractivity contribution is -0.146. The molecule has 2 atom stereocenters. The molecule has 4 aromatic carbocycles. The second kappa shape index (κ2) is 14.5. The number of aliphatic hydroxyl groups is 1. The summed E-state index contributed by atoms with van der Waals surface area (Å²) in [5.74, 6) is 0.640. The van der Waals surface area contributed by atoms with Crippen molar-refractivity contribution in [3.8, 4) is 16.9 Å². The number of hydrogen-bond donors (Lipinski definition) is 3. The van der Waals surface area contributed by atoms with Crippen LogP contribution in [0.2, 0.25) is 0 Å². The van der Waals surface area contributed by atoms with E-state index in [9.17, 15) is 18.3 Å². The fourth-order valence-corrected chi connectivity index (χ4v) is 7.95. The van der Waals surface area contributed by atoms with Crippen LogP contribution in [0.4, 0.5) is 0 Å². The van der Waals surface area contributed by atoms with Gasteiger partial charge < -0.3 is 29.6 Å². The molecule has 2 unspecified atom stereocenters. The quantitative estimate of drug-likeness (QED) is 0.155. The van der Waals surface area contributed by atoms with Gasteiger partial charge in [0, 0.05) is 25.4 Å². The third-order valence-corrected chi connectivity index (χ3v) is 11.0. The lowest BCUT2D eigenvalue weighted by Gasteiger charge is -2.30. The topological polar surface area (TPSA) is 143 Å². The zero-order chi connectivity index (χ0) is 34.7. The fraction of sp³-hybridized carbons (Fsp3) is 0.263. The summed E-state index contributed by atoms with van der Waals surface area (Å²) in [6.45, 7) is -0.370. The van der Waals surface area contributed by atoms with Gasteiger partial charge in [-0.3, -0.25) is 4.79 Å². The van der Waals surface area contributed by atoms with Gasteiger partial charge in [0.1, 0.15) is 11.6 Å². The molecule has 1 aliphatic carbocycles. The predicted molar refractivity (Wildman–Crippen MR) is 188 cm³/mol. The third-order valence-electron chi connectivity index (χ3n) is 9.07. The Bertz CT molecular complexity index is 2110. The molecule has 0 saturated heterocycles. The van der Waals surface area contributed by atoms with Gasteiger partial charge in [-0.25, -0.2) is 13.4 Å². The normalized spacial score (nSPS) is 16.8. The van der Waals surface area contributed by atoms with Crippen LogP contribution in [0.15, 0.2) is 108 Å². The first-order valence-corrected chi connectivity index (χ1v) is 17.9. The molecule has 2 heterocycles. The molecule has 3 N–H and O–H groups in total. The van der Waals surface area contributed by atoms with E-state index in [4.69, 9.17) is 14.2 Å². The van der Waals surface area contributed by atoms with E-state index >= 15 is 0 Å². The van der Waals surface area contributed by atoms with Crippen LogP contribution in [0.25, 0.3) is 22.2 Å². The lowest BCUT2D eigenvalue weighted by Crippen LogP contribution is -2.38. The van der Waals surface area contributed by atoms with Crippen LogP contribution in [0.3, 0.4) is 0 Å². The van der Waals surface area contributed by atoms with E-state index in [2.05, 4.69) is 51.7 Å². The van der Waals surface area contributed by atoms with Crippen LogP contribution in [-0.2, 0) is 37.3 Å². The molecule has 0 bridgehead atoms. The van der Waals surface area contributed by atoms with Crippen molar-refractivity contribution in [2.24, 2.45) is 0 Å². The van der Waals surface area contributed by atoms with Crippen molar-refractivity contribution in [3.05, 3.63) is 125 Å². The minimum absolute atomic E-state index is 0.0276. The van der Waals surface area contributed by atoms with E-state index in [0.29, 0.717) is 18.0 Å². The number of fused-ring (bicyclic) bond motifs is 4. The molecule has 1 amide bonds. The zero-order valence-corrected chi connectivity index (χ0v) is 28.4. The van der Waals surface area contributed by atoms with Crippen molar-refractivity contribution in [2.75, 3.05) is 33.4 Å². The van der Waals surface area contributed by atoms with Crippen LogP contribution in [-0.4, -0.2) is 73.4 Å². The monoisotopic (exact) mass is 694 g/mol. The van der Waals surface area contributed by atoms with E-state index in [1.165, 1.54) is 45.8 Å². The summed E-state index contributed by atoms with van der Waals surface area (Å²) in [4.78, 5) is 21.4. The maximum absolute atomic E-state index is 13.5. The summed E-state index contributed by atoms with van der Waals surface area (Å²) in [6.07, 6.45) is 2.24. The molecule has 7 rings (SSSR count). The Kier molecular flexibility index (Phi) is 9.68. The van der Waals surface area contributed by atoms with Crippen molar-refractivity contribution in [1.29, 1.82) is 0 Å². The SMILES string of the molecule is COc1ccc(S(=O)(=O)N(CCO)CCOC2CC(c3ccc4c(c3)Cc3ccccc3-4)C=C(C(=O)NCc3nc4ccccc4[nH]3)O2)cc1. The van der Waals surface area contributed by atoms with E-state index in [1.54, 1.807) is 12.1 Å². The number of ether oxygens (including phenoxy) is 3. The van der Waals surface area contributed by atoms with Gasteiger partial charge in [-0.2, -0.15) is 4.31 Å². The van der Waals surface area contributed by atoms with Crippen LogP contribution in [0.1, 0.15) is 34.9 Å². The Labute approximate surface area is 290 Å². The Balaban J connectivity index is 1.08. The number of benzene rings is 4. The molecule has 0 spiro atoms. The molecule has 0 saturated carbocycles. The number of hydrogen-bond acceptors (Lipinski definition) is 8. The van der Waals surface area contributed by atoms with E-state index < -0.39 is 22.2 Å². The van der Waals surface area contributed by atoms with Crippen molar-refractivity contribution in [3.63, 3.8) is 0 Å². The van der Waals surface area contributed by atoms with Gasteiger partial charge in [-0.1, -0.05) is 54.6 Å². The molecule has 11 nitrogen and oxygen atoms in total. The average molecular weight is 695 g/mol. The number of carbonyl (C=O) groups excluding carboxylic acids is 1. The molecule has 1 aliphatic heterocycles. The number of sulfonamides is 1. The van der Waals surface area contributed by atoms with Crippen molar-refractivity contribution in [1.82, 2.24) is 19.6 Å². The molecule has 258 valence electrons. The minimum Gasteiger partial charge on any atom is -0.497 e. The summed E-state index contributed by atoms with van der Waals surface area (Å²) < 4.78 is 45.4. The predicted octanol–water partition coefficient (Wildman–Crippen LogP) is 4.87. The highest BCUT2D eigenvalue weighted by Gasteiger charge is 2.31. The highest BCUT2D eigenvalue weighted by Crippen LogP contribution is 2.40. The first kappa shape index (κ1) is 33.5. The highest BCUT2D eigenvalue weighted by atomic mass is 32.2. The summed E-state index contributed by atoms with van der Waals surface area (Å²) in [5, 5.41) is 12.6. The second-order valence-corrected chi connectivity index (χ2v) is 14.2. The number of H-pyrrole nitrogens is 1. The number of aromatic nitrogens is 2. The van der Waals surface area contributed by atoms with Gasteiger partial charge in [0.25, 0.3) is 5.91 Å². The summed E-state index contributed by atoms with van der Waals surface area (Å²) in [5.41, 5.74) is 7.66. The number of aromatic amines is 1. The number of methoxy groups -OCH3 is 1. The molecular weight excluding hydrogens is 657 g/mol. The summed E-state index contributed by atoms with van der Waals surface area (Å²) in [7, 11) is -2.42. The molecule has 0 radical (unpaired) electrons. The van der Waals surface area contributed by atoms with Crippen molar-refractivity contribution >= 4 is 27.0 Å². The van der Waals surface area contributed by atoms with Gasteiger partial charge in [0.05, 0.1) is 42.8 Å². The molecule has 2 aliphatic rings. The van der Waals surface area contributed by atoms with Crippen molar-refractivity contribution in [2.45, 2.75) is 36.5 Å². The third kappa shape index (κ3) is 7.01. The molecular formula is C38H38N4O7S. The van der Waals surface area contributed by atoms with E-state index in [0.717, 1.165) is 23.0 Å². The summed E-state index contributed by atoms with van der Waals surface area (Å²) in [6, 6.07) is 28.5. The second-order valence-electron chi connectivity index (χ2n) is 12.2. The Morgan fingerprint density at radius 2 is 1.78 bits per heavy atom. The number of amides is 1. The van der Waals surface area contributed by atoms with Gasteiger partial charge in [-0.15, -0.1) is 0 Å². The first-order chi connectivity index (χ1) is 24.3. The Morgan fingerprint density at radius 3 is 2.58 bits per heavy atom. The first-order valence-electron chi connectivity index (χ1n) is 16.5. The fourth-order valence-electron chi connectivity index (χ4n) is 6.53. The standard InChI is InChI=1S/C38H38N4O7S/c1-47-29-11-13-30(14-12-29)50(45,46)42(16-18-43)17-19-48-37-23-27(25-10-15-32-28(20-25)21-26-6-2-3-7-31(26)32)22-35(49-37)38(44)39-24-36-40-33-8-4-5-9-34(33)41-36/h2-15,20,22,27,37,43H,16-19,21,23-24H2,1H3,(H,39,44)(H,40,41). The number of nitrogens with one attached hydrogen (secondary N) is 2. The summed E-state index contributed by atoms with van der Waals surface area (Å²) >= 11 is 0. The van der Waals surface area contributed by atoms with Gasteiger partial charge >= 0.3 is 0 Å². The number of imidazole rings is 1. The molecule has 12 heteroatoms. The van der Waals surface area contributed by atoms with Crippen molar-refractivity contribution < 1.29 is 32.5 Å². The zero-order valence-electron chi connectivity index (χ0n) is 27.5. The smallest absolute Gasteiger partial charge is 0.286 e.